The van der Waals surface area contributed by atoms with Gasteiger partial charge in [-0.2, -0.15) is 5.26 Å². The first-order chi connectivity index (χ1) is 7.97. The smallest absolute Gasteiger partial charge is 0.253 e. The van der Waals surface area contributed by atoms with E-state index in [-0.39, 0.29) is 18.4 Å². The molecule has 1 aromatic rings. The fourth-order valence-electron chi connectivity index (χ4n) is 1.40. The highest BCUT2D eigenvalue weighted by Crippen LogP contribution is 2.13. The molecule has 1 unspecified atom stereocenters. The van der Waals surface area contributed by atoms with Crippen molar-refractivity contribution in [2.24, 2.45) is 0 Å². The monoisotopic (exact) mass is 234 g/mol. The first-order valence-electron chi connectivity index (χ1n) is 5.37. The number of carbonyl (C=O) groups excluding carboxylic acids is 1. The van der Waals surface area contributed by atoms with Crippen LogP contribution < -0.4 is 0 Å². The molecule has 0 heterocycles. The van der Waals surface area contributed by atoms with Crippen molar-refractivity contribution in [2.45, 2.75) is 26.3 Å². The fraction of sp³-hybridized carbons (Fsp3) is 0.385. The second-order valence-electron chi connectivity index (χ2n) is 4.09. The van der Waals surface area contributed by atoms with Gasteiger partial charge in [0.25, 0.3) is 5.91 Å². The van der Waals surface area contributed by atoms with E-state index in [2.05, 4.69) is 0 Å². The Labute approximate surface area is 100 Å². The van der Waals surface area contributed by atoms with Crippen molar-refractivity contribution in [3.63, 3.8) is 0 Å². The van der Waals surface area contributed by atoms with Crippen molar-refractivity contribution in [3.05, 3.63) is 35.1 Å². The number of rotatable bonds is 3. The Morgan fingerprint density at radius 2 is 2.24 bits per heavy atom. The summed E-state index contributed by atoms with van der Waals surface area (Å²) >= 11 is 0. The van der Waals surface area contributed by atoms with E-state index in [9.17, 15) is 9.18 Å². The molecule has 0 aliphatic rings. The standard InChI is InChI=1S/C13H15FN2O/c1-9-4-5-11(8-12(9)14)13(17)16(3)10(2)6-7-15/h4-5,8,10H,6H2,1-3H3. The van der Waals surface area contributed by atoms with Crippen molar-refractivity contribution < 1.29 is 9.18 Å². The average molecular weight is 234 g/mol. The number of aryl methyl sites for hydroxylation is 1. The number of benzene rings is 1. The highest BCUT2D eigenvalue weighted by molar-refractivity contribution is 5.94. The summed E-state index contributed by atoms with van der Waals surface area (Å²) in [6.45, 7) is 3.43. The number of halogens is 1. The van der Waals surface area contributed by atoms with Crippen molar-refractivity contribution in [2.75, 3.05) is 7.05 Å². The summed E-state index contributed by atoms with van der Waals surface area (Å²) in [5.41, 5.74) is 0.815. The number of carbonyl (C=O) groups is 1. The van der Waals surface area contributed by atoms with E-state index in [1.165, 1.54) is 11.0 Å². The van der Waals surface area contributed by atoms with Gasteiger partial charge in [-0.3, -0.25) is 4.79 Å². The summed E-state index contributed by atoms with van der Waals surface area (Å²) in [4.78, 5) is 13.4. The van der Waals surface area contributed by atoms with E-state index in [0.29, 0.717) is 11.1 Å². The minimum Gasteiger partial charge on any atom is -0.338 e. The summed E-state index contributed by atoms with van der Waals surface area (Å²) in [7, 11) is 1.61. The van der Waals surface area contributed by atoms with Gasteiger partial charge >= 0.3 is 0 Å². The van der Waals surface area contributed by atoms with Gasteiger partial charge in [0.1, 0.15) is 5.82 Å². The lowest BCUT2D eigenvalue weighted by Crippen LogP contribution is -2.34. The third-order valence-corrected chi connectivity index (χ3v) is 2.79. The molecule has 4 heteroatoms. The lowest BCUT2D eigenvalue weighted by Gasteiger charge is -2.23. The molecule has 0 bridgehead atoms. The number of amides is 1. The number of nitriles is 1. The van der Waals surface area contributed by atoms with Crippen LogP contribution in [0.5, 0.6) is 0 Å². The van der Waals surface area contributed by atoms with Crippen LogP contribution >= 0.6 is 0 Å². The minimum atomic E-state index is -0.391. The quantitative estimate of drug-likeness (QED) is 0.806. The Morgan fingerprint density at radius 1 is 1.59 bits per heavy atom. The van der Waals surface area contributed by atoms with Gasteiger partial charge in [0, 0.05) is 18.7 Å². The number of hydrogen-bond acceptors (Lipinski definition) is 2. The first-order valence-corrected chi connectivity index (χ1v) is 5.37. The molecule has 0 aliphatic heterocycles. The molecule has 0 N–H and O–H groups in total. The molecule has 0 saturated carbocycles. The Morgan fingerprint density at radius 3 is 2.76 bits per heavy atom. The molecule has 90 valence electrons. The van der Waals surface area contributed by atoms with Crippen LogP contribution in [0.1, 0.15) is 29.3 Å². The molecule has 0 saturated heterocycles. The predicted molar refractivity (Wildman–Crippen MR) is 62.9 cm³/mol. The SMILES string of the molecule is Cc1ccc(C(=O)N(C)C(C)CC#N)cc1F. The van der Waals surface area contributed by atoms with E-state index in [0.717, 1.165) is 0 Å². The largest absolute Gasteiger partial charge is 0.338 e. The number of hydrogen-bond donors (Lipinski definition) is 0. The second-order valence-corrected chi connectivity index (χ2v) is 4.09. The van der Waals surface area contributed by atoms with Gasteiger partial charge < -0.3 is 4.90 Å². The fourth-order valence-corrected chi connectivity index (χ4v) is 1.40. The molecule has 0 spiro atoms. The van der Waals surface area contributed by atoms with Crippen LogP contribution in [0.2, 0.25) is 0 Å². The van der Waals surface area contributed by atoms with Crippen molar-refractivity contribution in [3.8, 4) is 6.07 Å². The van der Waals surface area contributed by atoms with Gasteiger partial charge in [0.05, 0.1) is 12.5 Å². The maximum atomic E-state index is 13.3. The molecule has 1 atom stereocenters. The van der Waals surface area contributed by atoms with E-state index in [4.69, 9.17) is 5.26 Å². The molecular weight excluding hydrogens is 219 g/mol. The van der Waals surface area contributed by atoms with Crippen LogP contribution in [-0.2, 0) is 0 Å². The van der Waals surface area contributed by atoms with Crippen LogP contribution in [0.25, 0.3) is 0 Å². The van der Waals surface area contributed by atoms with Gasteiger partial charge in [-0.15, -0.1) is 0 Å². The van der Waals surface area contributed by atoms with Crippen LogP contribution in [-0.4, -0.2) is 23.9 Å². The third-order valence-electron chi connectivity index (χ3n) is 2.79. The van der Waals surface area contributed by atoms with Crippen LogP contribution in [0.15, 0.2) is 18.2 Å². The highest BCUT2D eigenvalue weighted by Gasteiger charge is 2.17. The van der Waals surface area contributed by atoms with E-state index in [1.54, 1.807) is 33.0 Å². The zero-order chi connectivity index (χ0) is 13.0. The van der Waals surface area contributed by atoms with Gasteiger partial charge in [-0.25, -0.2) is 4.39 Å². The van der Waals surface area contributed by atoms with Gasteiger partial charge in [-0.1, -0.05) is 6.07 Å². The summed E-state index contributed by atoms with van der Waals surface area (Å²) in [6.07, 6.45) is 0.260. The molecule has 0 aliphatic carbocycles. The Balaban J connectivity index is 2.89. The van der Waals surface area contributed by atoms with Crippen molar-refractivity contribution >= 4 is 5.91 Å². The van der Waals surface area contributed by atoms with Crippen LogP contribution in [0.3, 0.4) is 0 Å². The Kier molecular flexibility index (Phi) is 4.22. The predicted octanol–water partition coefficient (Wildman–Crippen LogP) is 2.51. The zero-order valence-corrected chi connectivity index (χ0v) is 10.2. The highest BCUT2D eigenvalue weighted by atomic mass is 19.1. The maximum Gasteiger partial charge on any atom is 0.253 e. The van der Waals surface area contributed by atoms with Gasteiger partial charge in [0.15, 0.2) is 0 Å². The third kappa shape index (κ3) is 3.04. The molecule has 1 aromatic carbocycles. The van der Waals surface area contributed by atoms with E-state index >= 15 is 0 Å². The molecular formula is C13H15FN2O. The summed E-state index contributed by atoms with van der Waals surface area (Å²) < 4.78 is 13.3. The first kappa shape index (κ1) is 13.2. The normalized spacial score (nSPS) is 11.7. The number of nitrogens with zero attached hydrogens (tertiary/aromatic N) is 2. The second kappa shape index (κ2) is 5.44. The van der Waals surface area contributed by atoms with Crippen LogP contribution in [0, 0.1) is 24.1 Å². The molecule has 0 fully saturated rings. The topological polar surface area (TPSA) is 44.1 Å². The maximum absolute atomic E-state index is 13.3. The van der Waals surface area contributed by atoms with Crippen LogP contribution in [0.4, 0.5) is 4.39 Å². The van der Waals surface area contributed by atoms with Gasteiger partial charge in [-0.05, 0) is 31.5 Å². The molecule has 1 amide bonds. The summed E-state index contributed by atoms with van der Waals surface area (Å²) in [6, 6.07) is 6.22. The minimum absolute atomic E-state index is 0.183. The summed E-state index contributed by atoms with van der Waals surface area (Å²) in [5, 5.41) is 8.57. The molecule has 1 rings (SSSR count). The molecule has 0 radical (unpaired) electrons. The molecule has 17 heavy (non-hydrogen) atoms. The van der Waals surface area contributed by atoms with E-state index < -0.39 is 5.82 Å². The average Bonchev–Trinajstić information content (AvgIpc) is 2.31. The Bertz CT molecular complexity index is 465. The lowest BCUT2D eigenvalue weighted by atomic mass is 10.1. The lowest BCUT2D eigenvalue weighted by molar-refractivity contribution is 0.0745. The molecule has 0 aromatic heterocycles. The molecule has 3 nitrogen and oxygen atoms in total. The zero-order valence-electron chi connectivity index (χ0n) is 10.2. The van der Waals surface area contributed by atoms with Gasteiger partial charge in [0.2, 0.25) is 0 Å². The van der Waals surface area contributed by atoms with Crippen molar-refractivity contribution in [1.82, 2.24) is 4.90 Å². The van der Waals surface area contributed by atoms with Crippen molar-refractivity contribution in [1.29, 1.82) is 5.26 Å². The Hall–Kier alpha value is -1.89. The van der Waals surface area contributed by atoms with E-state index in [1.807, 2.05) is 6.07 Å². The summed E-state index contributed by atoms with van der Waals surface area (Å²) in [5.74, 6) is -0.663.